The minimum atomic E-state index is -0.0521. The lowest BCUT2D eigenvalue weighted by Crippen LogP contribution is -2.24. The fourth-order valence-electron chi connectivity index (χ4n) is 2.87. The first kappa shape index (κ1) is 16.1. The van der Waals surface area contributed by atoms with Crippen LogP contribution >= 0.6 is 11.8 Å². The molecule has 0 aromatic carbocycles. The molecule has 124 valence electrons. The second-order valence-corrected chi connectivity index (χ2v) is 6.84. The van der Waals surface area contributed by atoms with Crippen molar-refractivity contribution in [2.75, 3.05) is 5.75 Å². The molecule has 0 bridgehead atoms. The fraction of sp³-hybridized carbons (Fsp3) is 0.562. The molecule has 2 N–H and O–H groups in total. The predicted molar refractivity (Wildman–Crippen MR) is 87.9 cm³/mol. The van der Waals surface area contributed by atoms with Gasteiger partial charge in [-0.25, -0.2) is 4.98 Å². The zero-order chi connectivity index (χ0) is 15.9. The number of rotatable bonds is 8. The predicted octanol–water partition coefficient (Wildman–Crippen LogP) is 2.93. The summed E-state index contributed by atoms with van der Waals surface area (Å²) in [6.07, 6.45) is 9.17. The van der Waals surface area contributed by atoms with Gasteiger partial charge in [0.2, 0.25) is 11.1 Å². The number of aromatic nitrogens is 3. The summed E-state index contributed by atoms with van der Waals surface area (Å²) in [4.78, 5) is 16.2. The van der Waals surface area contributed by atoms with Crippen molar-refractivity contribution in [2.45, 2.75) is 50.2 Å². The van der Waals surface area contributed by atoms with E-state index in [2.05, 4.69) is 20.5 Å². The average molecular weight is 334 g/mol. The van der Waals surface area contributed by atoms with Crippen LogP contribution in [0.4, 0.5) is 0 Å². The van der Waals surface area contributed by atoms with Crippen LogP contribution in [0.2, 0.25) is 0 Å². The van der Waals surface area contributed by atoms with Gasteiger partial charge in [0, 0.05) is 6.42 Å². The van der Waals surface area contributed by atoms with Gasteiger partial charge in [0.05, 0.1) is 18.6 Å². The van der Waals surface area contributed by atoms with Crippen molar-refractivity contribution < 1.29 is 9.21 Å². The molecule has 0 saturated heterocycles. The van der Waals surface area contributed by atoms with Gasteiger partial charge in [-0.2, -0.15) is 0 Å². The van der Waals surface area contributed by atoms with E-state index in [0.717, 1.165) is 23.9 Å². The van der Waals surface area contributed by atoms with Crippen LogP contribution in [0.5, 0.6) is 0 Å². The number of aromatic amines is 1. The first-order valence-electron chi connectivity index (χ1n) is 8.13. The molecule has 1 saturated carbocycles. The molecule has 0 unspecified atom stereocenters. The zero-order valence-electron chi connectivity index (χ0n) is 13.1. The molecule has 2 heterocycles. The van der Waals surface area contributed by atoms with Gasteiger partial charge in [-0.1, -0.05) is 37.4 Å². The van der Waals surface area contributed by atoms with E-state index in [0.29, 0.717) is 17.5 Å². The zero-order valence-corrected chi connectivity index (χ0v) is 13.9. The molecular formula is C16H22N4O2S. The van der Waals surface area contributed by atoms with Crippen LogP contribution in [0.1, 0.15) is 43.7 Å². The van der Waals surface area contributed by atoms with Gasteiger partial charge in [-0.3, -0.25) is 9.89 Å². The highest BCUT2D eigenvalue weighted by Gasteiger charge is 2.15. The van der Waals surface area contributed by atoms with Crippen molar-refractivity contribution in [1.82, 2.24) is 20.5 Å². The van der Waals surface area contributed by atoms with Crippen LogP contribution in [0, 0.1) is 5.92 Å². The van der Waals surface area contributed by atoms with Gasteiger partial charge in [-0.15, -0.1) is 5.10 Å². The van der Waals surface area contributed by atoms with Crippen LogP contribution in [0.25, 0.3) is 0 Å². The minimum Gasteiger partial charge on any atom is -0.467 e. The van der Waals surface area contributed by atoms with Crippen molar-refractivity contribution >= 4 is 17.7 Å². The van der Waals surface area contributed by atoms with Crippen molar-refractivity contribution in [3.8, 4) is 0 Å². The third kappa shape index (κ3) is 5.13. The molecule has 6 nitrogen and oxygen atoms in total. The van der Waals surface area contributed by atoms with Crippen LogP contribution in [-0.4, -0.2) is 26.8 Å². The number of H-pyrrole nitrogens is 1. The summed E-state index contributed by atoms with van der Waals surface area (Å²) in [5, 5.41) is 10.6. The molecule has 1 aliphatic rings. The van der Waals surface area contributed by atoms with Gasteiger partial charge < -0.3 is 9.73 Å². The summed E-state index contributed by atoms with van der Waals surface area (Å²) in [5.74, 6) is 2.78. The van der Waals surface area contributed by atoms with E-state index < -0.39 is 0 Å². The van der Waals surface area contributed by atoms with Crippen molar-refractivity contribution in [3.05, 3.63) is 30.0 Å². The third-order valence-electron chi connectivity index (χ3n) is 4.15. The molecule has 3 rings (SSSR count). The maximum atomic E-state index is 11.8. The minimum absolute atomic E-state index is 0.0521. The van der Waals surface area contributed by atoms with Crippen molar-refractivity contribution in [1.29, 1.82) is 0 Å². The number of nitrogens with zero attached hydrogens (tertiary/aromatic N) is 2. The number of hydrogen-bond acceptors (Lipinski definition) is 5. The molecule has 0 aliphatic heterocycles. The number of carbonyl (C=O) groups excluding carboxylic acids is 1. The summed E-state index contributed by atoms with van der Waals surface area (Å²) in [6, 6.07) is 3.64. The van der Waals surface area contributed by atoms with Crippen LogP contribution < -0.4 is 5.32 Å². The second kappa shape index (κ2) is 8.19. The SMILES string of the molecule is O=C(CSc1n[nH]c(CCC2CCCC2)n1)NCc1ccco1. The van der Waals surface area contributed by atoms with E-state index in [9.17, 15) is 4.79 Å². The van der Waals surface area contributed by atoms with E-state index in [-0.39, 0.29) is 5.91 Å². The standard InChI is InChI=1S/C16H22N4O2S/c21-15(17-10-13-6-3-9-22-13)11-23-16-18-14(19-20-16)8-7-12-4-1-2-5-12/h3,6,9,12H,1-2,4-5,7-8,10-11H2,(H,17,21)(H,18,19,20). The number of thioether (sulfide) groups is 1. The Morgan fingerprint density at radius 1 is 1.43 bits per heavy atom. The number of amides is 1. The molecule has 2 aromatic heterocycles. The quantitative estimate of drug-likeness (QED) is 0.725. The summed E-state index contributed by atoms with van der Waals surface area (Å²) in [6.45, 7) is 0.410. The van der Waals surface area contributed by atoms with E-state index in [4.69, 9.17) is 4.42 Å². The molecule has 1 aliphatic carbocycles. The molecular weight excluding hydrogens is 312 g/mol. The summed E-state index contributed by atoms with van der Waals surface area (Å²) in [7, 11) is 0. The highest BCUT2D eigenvalue weighted by molar-refractivity contribution is 7.99. The topological polar surface area (TPSA) is 83.8 Å². The molecule has 0 spiro atoms. The molecule has 1 fully saturated rings. The van der Waals surface area contributed by atoms with E-state index in [1.165, 1.54) is 43.9 Å². The van der Waals surface area contributed by atoms with Gasteiger partial charge in [0.25, 0.3) is 0 Å². The number of carbonyl (C=O) groups is 1. The normalized spacial score (nSPS) is 15.1. The molecule has 0 atom stereocenters. The largest absolute Gasteiger partial charge is 0.467 e. The highest BCUT2D eigenvalue weighted by Crippen LogP contribution is 2.28. The lowest BCUT2D eigenvalue weighted by Gasteiger charge is -2.05. The summed E-state index contributed by atoms with van der Waals surface area (Å²) < 4.78 is 5.17. The van der Waals surface area contributed by atoms with Crippen molar-refractivity contribution in [2.24, 2.45) is 5.92 Å². The Kier molecular flexibility index (Phi) is 5.74. The van der Waals surface area contributed by atoms with Crippen LogP contribution in [0.3, 0.4) is 0 Å². The number of hydrogen-bond donors (Lipinski definition) is 2. The molecule has 2 aromatic rings. The Morgan fingerprint density at radius 3 is 3.09 bits per heavy atom. The number of nitrogens with one attached hydrogen (secondary N) is 2. The van der Waals surface area contributed by atoms with Gasteiger partial charge in [-0.05, 0) is 24.5 Å². The number of furan rings is 1. The maximum Gasteiger partial charge on any atom is 0.230 e. The van der Waals surface area contributed by atoms with E-state index in [1.54, 1.807) is 12.3 Å². The maximum absolute atomic E-state index is 11.8. The van der Waals surface area contributed by atoms with Crippen LogP contribution in [-0.2, 0) is 17.8 Å². The van der Waals surface area contributed by atoms with Crippen LogP contribution in [0.15, 0.2) is 28.0 Å². The fourth-order valence-corrected chi connectivity index (χ4v) is 3.52. The molecule has 7 heteroatoms. The van der Waals surface area contributed by atoms with E-state index >= 15 is 0 Å². The Balaban J connectivity index is 1.35. The van der Waals surface area contributed by atoms with E-state index in [1.807, 2.05) is 6.07 Å². The summed E-state index contributed by atoms with van der Waals surface area (Å²) >= 11 is 1.35. The Morgan fingerprint density at radius 2 is 2.30 bits per heavy atom. The molecule has 0 radical (unpaired) electrons. The first-order valence-corrected chi connectivity index (χ1v) is 9.11. The Hall–Kier alpha value is -1.76. The number of aryl methyl sites for hydroxylation is 1. The Bertz CT molecular complexity index is 605. The van der Waals surface area contributed by atoms with Gasteiger partial charge >= 0.3 is 0 Å². The van der Waals surface area contributed by atoms with Crippen molar-refractivity contribution in [3.63, 3.8) is 0 Å². The highest BCUT2D eigenvalue weighted by atomic mass is 32.2. The molecule has 1 amide bonds. The van der Waals surface area contributed by atoms with Gasteiger partial charge in [0.15, 0.2) is 0 Å². The lowest BCUT2D eigenvalue weighted by atomic mass is 10.0. The average Bonchev–Trinajstić information content (AvgIpc) is 3.31. The molecule has 23 heavy (non-hydrogen) atoms. The smallest absolute Gasteiger partial charge is 0.230 e. The lowest BCUT2D eigenvalue weighted by molar-refractivity contribution is -0.118. The monoisotopic (exact) mass is 334 g/mol. The first-order chi connectivity index (χ1) is 11.3. The second-order valence-electron chi connectivity index (χ2n) is 5.90. The van der Waals surface area contributed by atoms with Gasteiger partial charge in [0.1, 0.15) is 11.6 Å². The summed E-state index contributed by atoms with van der Waals surface area (Å²) in [5.41, 5.74) is 0. The third-order valence-corrected chi connectivity index (χ3v) is 4.99. The Labute approximate surface area is 139 Å².